The number of aliphatic imine (C=N–C) groups is 2. The van der Waals surface area contributed by atoms with Crippen LogP contribution >= 0.6 is 15.9 Å². The van der Waals surface area contributed by atoms with Crippen LogP contribution in [-0.2, 0) is 0 Å². The van der Waals surface area contributed by atoms with Gasteiger partial charge in [0.2, 0.25) is 5.96 Å². The number of hydrogen-bond donors (Lipinski definition) is 4. The van der Waals surface area contributed by atoms with Crippen molar-refractivity contribution in [2.24, 2.45) is 27.2 Å². The molecule has 0 amide bonds. The maximum absolute atomic E-state index is 13.3. The van der Waals surface area contributed by atoms with Crippen LogP contribution in [0.5, 0.6) is 5.75 Å². The van der Waals surface area contributed by atoms with Gasteiger partial charge in [-0.3, -0.25) is 0 Å². The predicted molar refractivity (Wildman–Crippen MR) is 62.9 cm³/mol. The van der Waals surface area contributed by atoms with E-state index in [9.17, 15) is 9.50 Å². The Bertz CT molecular complexity index is 446. The van der Waals surface area contributed by atoms with Gasteiger partial charge in [-0.1, -0.05) is 15.9 Å². The highest BCUT2D eigenvalue weighted by Gasteiger charge is 2.09. The lowest BCUT2D eigenvalue weighted by Crippen LogP contribution is -2.26. The van der Waals surface area contributed by atoms with Crippen molar-refractivity contribution in [3.63, 3.8) is 0 Å². The van der Waals surface area contributed by atoms with E-state index in [1.165, 1.54) is 6.07 Å². The first-order valence-electron chi connectivity index (χ1n) is 4.02. The molecule has 0 heterocycles. The van der Waals surface area contributed by atoms with E-state index in [0.717, 1.165) is 6.07 Å². The molecule has 0 spiro atoms. The smallest absolute Gasteiger partial charge is 0.224 e. The largest absolute Gasteiger partial charge is 0.506 e. The van der Waals surface area contributed by atoms with E-state index in [1.807, 2.05) is 0 Å². The fraction of sp³-hybridized carbons (Fsp3) is 0. The number of nitrogens with two attached hydrogens (primary N) is 3. The number of benzene rings is 1. The minimum absolute atomic E-state index is 0.307. The third-order valence-electron chi connectivity index (χ3n) is 1.48. The molecule has 1 aromatic carbocycles. The molecule has 0 radical (unpaired) electrons. The number of phenolic OH excluding ortho intramolecular Hbond substituents is 1. The monoisotopic (exact) mass is 289 g/mol. The summed E-state index contributed by atoms with van der Waals surface area (Å²) in [4.78, 5) is 6.93. The van der Waals surface area contributed by atoms with E-state index in [4.69, 9.17) is 17.2 Å². The minimum Gasteiger partial charge on any atom is -0.506 e. The lowest BCUT2D eigenvalue weighted by atomic mass is 10.3. The van der Waals surface area contributed by atoms with Gasteiger partial charge in [0.05, 0.1) is 0 Å². The molecule has 8 heteroatoms. The molecular weight excluding hydrogens is 281 g/mol. The van der Waals surface area contributed by atoms with Gasteiger partial charge in [-0.2, -0.15) is 4.99 Å². The number of rotatable bonds is 1. The number of phenols is 1. The summed E-state index contributed by atoms with van der Waals surface area (Å²) >= 11 is 3.01. The lowest BCUT2D eigenvalue weighted by Gasteiger charge is -2.02. The van der Waals surface area contributed by atoms with Crippen molar-refractivity contribution in [3.8, 4) is 5.75 Å². The summed E-state index contributed by atoms with van der Waals surface area (Å²) in [5.41, 5.74) is 15.1. The van der Waals surface area contributed by atoms with E-state index in [0.29, 0.717) is 4.47 Å². The Morgan fingerprint density at radius 1 is 1.31 bits per heavy atom. The van der Waals surface area contributed by atoms with Crippen LogP contribution in [0.3, 0.4) is 0 Å². The van der Waals surface area contributed by atoms with E-state index in [2.05, 4.69) is 25.9 Å². The second-order valence-electron chi connectivity index (χ2n) is 2.76. The lowest BCUT2D eigenvalue weighted by molar-refractivity contribution is 0.471. The van der Waals surface area contributed by atoms with Crippen molar-refractivity contribution in [3.05, 3.63) is 22.4 Å². The van der Waals surface area contributed by atoms with Gasteiger partial charge in [0, 0.05) is 4.47 Å². The van der Waals surface area contributed by atoms with Crippen molar-refractivity contribution in [1.29, 1.82) is 0 Å². The Morgan fingerprint density at radius 2 is 1.94 bits per heavy atom. The van der Waals surface area contributed by atoms with Gasteiger partial charge in [0.15, 0.2) is 11.8 Å². The molecule has 0 fully saturated rings. The normalized spacial score (nSPS) is 11.2. The average Bonchev–Trinajstić information content (AvgIpc) is 2.09. The summed E-state index contributed by atoms with van der Waals surface area (Å²) in [6, 6.07) is 2.39. The van der Waals surface area contributed by atoms with Gasteiger partial charge in [0.1, 0.15) is 11.4 Å². The van der Waals surface area contributed by atoms with Crippen LogP contribution in [0.25, 0.3) is 0 Å². The van der Waals surface area contributed by atoms with E-state index >= 15 is 0 Å². The van der Waals surface area contributed by atoms with Crippen LogP contribution < -0.4 is 17.2 Å². The van der Waals surface area contributed by atoms with Crippen molar-refractivity contribution in [1.82, 2.24) is 0 Å². The highest BCUT2D eigenvalue weighted by Crippen LogP contribution is 2.32. The molecule has 7 N–H and O–H groups in total. The predicted octanol–water partition coefficient (Wildman–Crippen LogP) is 0.513. The van der Waals surface area contributed by atoms with Crippen molar-refractivity contribution >= 4 is 33.5 Å². The fourth-order valence-electron chi connectivity index (χ4n) is 0.935. The summed E-state index contributed by atoms with van der Waals surface area (Å²) in [5.74, 6) is -1.78. The summed E-state index contributed by atoms with van der Waals surface area (Å²) in [7, 11) is 0. The van der Waals surface area contributed by atoms with Gasteiger partial charge >= 0.3 is 0 Å². The third-order valence-corrected chi connectivity index (χ3v) is 1.94. The number of aromatic hydroxyl groups is 1. The van der Waals surface area contributed by atoms with Crippen molar-refractivity contribution < 1.29 is 9.50 Å². The van der Waals surface area contributed by atoms with E-state index in [-0.39, 0.29) is 23.4 Å². The SMILES string of the molecule is NC(N)=NC(N)=Nc1c(O)cc(Br)cc1F. The van der Waals surface area contributed by atoms with Crippen LogP contribution in [0.2, 0.25) is 0 Å². The molecule has 6 nitrogen and oxygen atoms in total. The van der Waals surface area contributed by atoms with E-state index in [1.54, 1.807) is 0 Å². The molecule has 0 aliphatic heterocycles. The maximum atomic E-state index is 13.3. The van der Waals surface area contributed by atoms with Crippen molar-refractivity contribution in [2.45, 2.75) is 0 Å². The highest BCUT2D eigenvalue weighted by atomic mass is 79.9. The van der Waals surface area contributed by atoms with Crippen molar-refractivity contribution in [2.75, 3.05) is 0 Å². The van der Waals surface area contributed by atoms with Crippen LogP contribution in [0.15, 0.2) is 26.6 Å². The van der Waals surface area contributed by atoms with Gasteiger partial charge < -0.3 is 22.3 Å². The van der Waals surface area contributed by atoms with Crippen LogP contribution in [0.4, 0.5) is 10.1 Å². The average molecular weight is 290 g/mol. The second-order valence-corrected chi connectivity index (χ2v) is 3.68. The fourth-order valence-corrected chi connectivity index (χ4v) is 1.35. The Labute approximate surface area is 98.8 Å². The molecule has 86 valence electrons. The molecule has 0 saturated carbocycles. The molecule has 16 heavy (non-hydrogen) atoms. The highest BCUT2D eigenvalue weighted by molar-refractivity contribution is 9.10. The number of nitrogens with zero attached hydrogens (tertiary/aromatic N) is 2. The second kappa shape index (κ2) is 4.79. The summed E-state index contributed by atoms with van der Waals surface area (Å²) in [5, 5.41) is 9.41. The van der Waals surface area contributed by atoms with Gasteiger partial charge in [0.25, 0.3) is 0 Å². The zero-order valence-corrected chi connectivity index (χ0v) is 9.57. The first kappa shape index (κ1) is 12.2. The molecule has 1 aromatic rings. The Morgan fingerprint density at radius 3 is 2.44 bits per heavy atom. The Balaban J connectivity index is 3.20. The molecule has 0 aromatic heterocycles. The topological polar surface area (TPSA) is 123 Å². The summed E-state index contributed by atoms with van der Waals surface area (Å²) in [6.45, 7) is 0. The first-order chi connectivity index (χ1) is 7.40. The molecule has 0 unspecified atom stereocenters. The Kier molecular flexibility index (Phi) is 3.67. The Hall–Kier alpha value is -1.83. The van der Waals surface area contributed by atoms with Gasteiger partial charge in [-0.15, -0.1) is 0 Å². The first-order valence-corrected chi connectivity index (χ1v) is 4.81. The molecule has 0 saturated heterocycles. The molecule has 0 aliphatic carbocycles. The molecule has 0 aliphatic rings. The van der Waals surface area contributed by atoms with Crippen LogP contribution in [0.1, 0.15) is 0 Å². The van der Waals surface area contributed by atoms with Crippen LogP contribution in [0, 0.1) is 5.82 Å². The van der Waals surface area contributed by atoms with E-state index < -0.39 is 5.82 Å². The molecular formula is C8H9BrFN5O. The minimum atomic E-state index is -0.749. The molecule has 1 rings (SSSR count). The summed E-state index contributed by atoms with van der Waals surface area (Å²) in [6.07, 6.45) is 0. The third kappa shape index (κ3) is 3.09. The maximum Gasteiger partial charge on any atom is 0.224 e. The number of halogens is 2. The quantitative estimate of drug-likeness (QED) is 0.444. The zero-order chi connectivity index (χ0) is 12.3. The molecule has 0 atom stereocenters. The van der Waals surface area contributed by atoms with Gasteiger partial charge in [-0.05, 0) is 12.1 Å². The van der Waals surface area contributed by atoms with Crippen LogP contribution in [-0.4, -0.2) is 17.0 Å². The standard InChI is InChI=1S/C8H9BrFN5O/c9-3-1-4(10)6(5(16)2-3)14-8(13)15-7(11)12/h1-2,16H,(H6,11,12,13,14,15). The summed E-state index contributed by atoms with van der Waals surface area (Å²) < 4.78 is 13.7. The number of hydrogen-bond acceptors (Lipinski definition) is 2. The zero-order valence-electron chi connectivity index (χ0n) is 7.98. The molecule has 0 bridgehead atoms. The van der Waals surface area contributed by atoms with Gasteiger partial charge in [-0.25, -0.2) is 9.38 Å². The number of guanidine groups is 2.